The summed E-state index contributed by atoms with van der Waals surface area (Å²) in [5.74, 6) is -4.80. The van der Waals surface area contributed by atoms with Crippen LogP contribution in [0.2, 0.25) is 0 Å². The van der Waals surface area contributed by atoms with E-state index in [1.165, 1.54) is 143 Å². The van der Waals surface area contributed by atoms with Crippen molar-refractivity contribution in [3.8, 4) is 0 Å². The van der Waals surface area contributed by atoms with Crippen molar-refractivity contribution < 1.29 is 208 Å². The number of aliphatic hydroxyl groups excluding tert-OH is 24. The van der Waals surface area contributed by atoms with Crippen molar-refractivity contribution >= 4 is 140 Å². The largest absolute Gasteiger partial charge is 0.394 e. The summed E-state index contributed by atoms with van der Waals surface area (Å²) in [5, 5.41) is 265. The molecular weight excluding hydrogens is 2030 g/mol. The van der Waals surface area contributed by atoms with Crippen molar-refractivity contribution in [1.29, 1.82) is 0 Å². The van der Waals surface area contributed by atoms with Crippen LogP contribution < -0.4 is 31.9 Å². The van der Waals surface area contributed by atoms with Crippen LogP contribution >= 0.6 is 70.6 Å². The SMILES string of the molecule is O=C(CO[C@H]1O[C@H](CO)[C@@H](O)[C@H](O)[C@@H]1O)Nc1ccc(Sc2c(Sc3ccc(NC(=O)CO[C@H]4O[C@H](CO)[C@@H](O)[C@H](O)[C@@H]4O)cc3)c(Sc3ccc(NC(=O)CO[C@H]4O[C@H](CO)[C@@H](O)[C@H](O)[C@@H]4O)cc3)c(Sc3ccc(NC(=O)CO[C@H]4O[C@H](CO)[C@@H](O)[C@H](O)[C@@H]4O)cc3)c(Sc3ccc(NC(=O)CO[C@H]4O[C@H](CO)[C@@H](O)[C@H](O)[C@@H]4O)cc3)c2Sc2ccc(NC(=O)CO[C@H]3O[C@H](CO)[C@@H](O)[C@H](O)[C@@H]3O)cc2)cc1. The molecule has 30 N–H and O–H groups in total. The number of nitrogens with one attached hydrogen (secondary N) is 6. The van der Waals surface area contributed by atoms with E-state index in [0.29, 0.717) is 58.7 Å². The molecule has 6 amide bonds. The van der Waals surface area contributed by atoms with Crippen LogP contribution in [0.1, 0.15) is 0 Å². The molecule has 6 fully saturated rings. The van der Waals surface area contributed by atoms with Crippen LogP contribution in [0.5, 0.6) is 0 Å². The zero-order valence-electron chi connectivity index (χ0n) is 75.2. The number of anilines is 6. The highest BCUT2D eigenvalue weighted by molar-refractivity contribution is 8.07. The number of aliphatic hydroxyl groups is 24. The standard InChI is InChI=1S/C90H108N6O42S6/c97-25-49-61(109)67(115)73(121)85(133-49)127-31-55(103)91-37-1-13-43(14-2-37)139-79-80(140-44-15-3-38(4-16-44)92-56(104)32-128-86-74(122)68(116)62(110)50(26-98)134-86)82(142-46-19-7-40(8-20-46)94-58(106)34-130-88-76(124)70(118)64(112)52(28-100)136-88)84(144-48-23-11-42(12-24-48)96-60(108)36-132-90-78(126)72(120)66(114)54(30-102)138-90)83(143-47-21-9-41(10-22-47)95-59(107)35-131-89-77(125)71(119)65(113)53(29-101)137-89)81(79)141-45-17-5-39(6-18-45)93-57(105)33-129-87-75(123)69(117)63(111)51(27-99)135-87/h1-24,49-54,61-78,85-90,97-102,109-126H,25-36H2,(H,91,103)(H,92,104)(H,93,105)(H,94,106)(H,95,107)(H,96,108)/t49-,50-,51-,52-,53-,54-,61-,62-,63-,64-,65-,66-,67+,68+,69+,70+,71+,72+,73+,74+,75+,76+,77+,78+,85+,86+,87+,88+,89+,90+/m1/s1. The Balaban J connectivity index is 0.940. The van der Waals surface area contributed by atoms with Crippen molar-refractivity contribution in [3.63, 3.8) is 0 Å². The third-order valence-corrected chi connectivity index (χ3v) is 30.2. The molecule has 144 heavy (non-hydrogen) atoms. The molecule has 6 aliphatic heterocycles. The molecule has 13 rings (SSSR count). The molecule has 6 heterocycles. The number of carbonyl (C=O) groups is 6. The number of amides is 6. The van der Waals surface area contributed by atoms with Crippen LogP contribution in [0.25, 0.3) is 0 Å². The Bertz CT molecular complexity index is 4520. The number of ether oxygens (including phenoxy) is 12. The lowest BCUT2D eigenvalue weighted by molar-refractivity contribution is -0.299. The average molecular weight is 2140 g/mol. The third kappa shape index (κ3) is 29.0. The van der Waals surface area contributed by atoms with Gasteiger partial charge in [-0.25, -0.2) is 0 Å². The van der Waals surface area contributed by atoms with Crippen molar-refractivity contribution in [1.82, 2.24) is 0 Å². The van der Waals surface area contributed by atoms with E-state index in [4.69, 9.17) is 56.8 Å². The maximum absolute atomic E-state index is 13.8. The molecule has 54 heteroatoms. The lowest BCUT2D eigenvalue weighted by Crippen LogP contribution is -2.59. The number of hydrogen-bond donors (Lipinski definition) is 30. The first-order chi connectivity index (χ1) is 68.9. The Kier molecular flexibility index (Phi) is 41.6. The van der Waals surface area contributed by atoms with Gasteiger partial charge in [-0.1, -0.05) is 70.6 Å². The van der Waals surface area contributed by atoms with Crippen molar-refractivity contribution in [3.05, 3.63) is 146 Å². The highest BCUT2D eigenvalue weighted by atomic mass is 32.2. The first kappa shape index (κ1) is 113. The van der Waals surface area contributed by atoms with E-state index in [1.807, 2.05) is 0 Å². The smallest absolute Gasteiger partial charge is 0.250 e. The van der Waals surface area contributed by atoms with Crippen molar-refractivity contribution in [2.75, 3.05) is 111 Å². The van der Waals surface area contributed by atoms with Gasteiger partial charge in [0.25, 0.3) is 0 Å². The highest BCUT2D eigenvalue weighted by Gasteiger charge is 2.51. The topological polar surface area (TPSA) is 771 Å². The molecule has 0 bridgehead atoms. The molecule has 30 atom stereocenters. The lowest BCUT2D eigenvalue weighted by atomic mass is 9.99. The molecule has 7 aromatic carbocycles. The van der Waals surface area contributed by atoms with Crippen molar-refractivity contribution in [2.24, 2.45) is 0 Å². The molecule has 0 aliphatic carbocycles. The summed E-state index contributed by atoms with van der Waals surface area (Å²) in [5.41, 5.74) is 1.08. The Morgan fingerprint density at radius 1 is 0.194 bits per heavy atom. The summed E-state index contributed by atoms with van der Waals surface area (Å²) in [6, 6.07) is 38.2. The molecular formula is C90H108N6O42S6. The Morgan fingerprint density at radius 3 is 0.424 bits per heavy atom. The second-order valence-corrected chi connectivity index (χ2v) is 39.6. The first-order valence-corrected chi connectivity index (χ1v) is 49.1. The van der Waals surface area contributed by atoms with E-state index >= 15 is 0 Å². The molecule has 0 unspecified atom stereocenters. The normalized spacial score (nSPS) is 30.8. The van der Waals surface area contributed by atoms with Crippen molar-refractivity contribution in [2.45, 2.75) is 243 Å². The predicted octanol–water partition coefficient (Wildman–Crippen LogP) is -4.88. The maximum Gasteiger partial charge on any atom is 0.250 e. The average Bonchev–Trinajstić information content (AvgIpc) is 0.744. The Morgan fingerprint density at radius 2 is 0.312 bits per heavy atom. The molecule has 6 aliphatic rings. The summed E-state index contributed by atoms with van der Waals surface area (Å²) < 4.78 is 66.0. The summed E-state index contributed by atoms with van der Waals surface area (Å²) in [7, 11) is 0. The number of rotatable bonds is 42. The molecule has 6 saturated heterocycles. The van der Waals surface area contributed by atoms with E-state index in [1.54, 1.807) is 72.8 Å². The van der Waals surface area contributed by atoms with Gasteiger partial charge >= 0.3 is 0 Å². The van der Waals surface area contributed by atoms with E-state index in [2.05, 4.69) is 31.9 Å². The second kappa shape index (κ2) is 52.9. The van der Waals surface area contributed by atoms with Crippen LogP contribution in [-0.2, 0) is 85.6 Å². The van der Waals surface area contributed by atoms with E-state index in [0.717, 1.165) is 0 Å². The van der Waals surface area contributed by atoms with Gasteiger partial charge in [0.2, 0.25) is 35.4 Å². The molecule has 0 saturated carbocycles. The molecule has 0 radical (unpaired) electrons. The summed E-state index contributed by atoms with van der Waals surface area (Å²) in [4.78, 5) is 87.9. The van der Waals surface area contributed by atoms with E-state index in [9.17, 15) is 151 Å². The van der Waals surface area contributed by atoms with Gasteiger partial charge in [0.05, 0.1) is 39.6 Å². The van der Waals surface area contributed by atoms with Crippen LogP contribution in [0.3, 0.4) is 0 Å². The van der Waals surface area contributed by atoms with Crippen LogP contribution in [0, 0.1) is 0 Å². The molecule has 0 aromatic heterocycles. The highest BCUT2D eigenvalue weighted by Crippen LogP contribution is 2.60. The van der Waals surface area contributed by atoms with Crippen LogP contribution in [-0.4, -0.2) is 422 Å². The first-order valence-electron chi connectivity index (χ1n) is 44.2. The third-order valence-electron chi connectivity index (χ3n) is 22.7. The number of carbonyl (C=O) groups excluding carboxylic acids is 6. The van der Waals surface area contributed by atoms with Gasteiger partial charge in [0, 0.05) is 92.9 Å². The summed E-state index contributed by atoms with van der Waals surface area (Å²) in [6.07, 6.45) is -50.9. The Hall–Kier alpha value is -7.98. The fourth-order valence-electron chi connectivity index (χ4n) is 14.9. The monoisotopic (exact) mass is 2140 g/mol. The molecule has 0 spiro atoms. The predicted molar refractivity (Wildman–Crippen MR) is 500 cm³/mol. The van der Waals surface area contributed by atoms with Crippen LogP contribution in [0.4, 0.5) is 34.1 Å². The number of hydrogen-bond acceptors (Lipinski definition) is 48. The minimum atomic E-state index is -1.85. The van der Waals surface area contributed by atoms with Gasteiger partial charge in [-0.3, -0.25) is 28.8 Å². The van der Waals surface area contributed by atoms with Gasteiger partial charge in [0.1, 0.15) is 186 Å². The van der Waals surface area contributed by atoms with Gasteiger partial charge in [-0.05, 0) is 146 Å². The van der Waals surface area contributed by atoms with Crippen LogP contribution in [0.15, 0.2) is 204 Å². The molecule has 7 aromatic rings. The van der Waals surface area contributed by atoms with Gasteiger partial charge < -0.3 is 211 Å². The fourth-order valence-corrected chi connectivity index (χ4v) is 22.2. The minimum Gasteiger partial charge on any atom is -0.394 e. The van der Waals surface area contributed by atoms with Gasteiger partial charge in [-0.15, -0.1) is 0 Å². The van der Waals surface area contributed by atoms with Gasteiger partial charge in [-0.2, -0.15) is 0 Å². The fraction of sp³-hybridized carbons (Fsp3) is 0.467. The second-order valence-electron chi connectivity index (χ2n) is 33.1. The van der Waals surface area contributed by atoms with Gasteiger partial charge in [0.15, 0.2) is 37.7 Å². The number of benzene rings is 7. The quantitative estimate of drug-likeness (QED) is 0.0171. The zero-order valence-corrected chi connectivity index (χ0v) is 80.1. The summed E-state index contributed by atoms with van der Waals surface area (Å²) >= 11 is 7.06. The van der Waals surface area contributed by atoms with E-state index < -0.39 is 299 Å². The molecule has 48 nitrogen and oxygen atoms in total. The Labute approximate surface area is 843 Å². The maximum atomic E-state index is 13.8. The molecule has 786 valence electrons. The summed E-state index contributed by atoms with van der Waals surface area (Å²) in [6.45, 7) is -9.47. The lowest BCUT2D eigenvalue weighted by Gasteiger charge is -2.39. The zero-order chi connectivity index (χ0) is 104. The minimum absolute atomic E-state index is 0.180. The van der Waals surface area contributed by atoms with E-state index in [-0.39, 0.29) is 34.1 Å².